The van der Waals surface area contributed by atoms with Gasteiger partial charge < -0.3 is 4.74 Å². The Balaban J connectivity index is 1.67. The van der Waals surface area contributed by atoms with Gasteiger partial charge in [-0.05, 0) is 12.8 Å². The van der Waals surface area contributed by atoms with Gasteiger partial charge in [-0.15, -0.1) is 0 Å². The number of hydrogen-bond donors (Lipinski definition) is 0. The molecule has 1 amide bonds. The molecule has 3 atom stereocenters. The van der Waals surface area contributed by atoms with Gasteiger partial charge in [0.25, 0.3) is 0 Å². The molecule has 0 N–H and O–H groups in total. The van der Waals surface area contributed by atoms with E-state index < -0.39 is 0 Å². The molecule has 0 radical (unpaired) electrons. The molecule has 2 heterocycles. The summed E-state index contributed by atoms with van der Waals surface area (Å²) in [6, 6.07) is -0.293. The first-order chi connectivity index (χ1) is 10.1. The van der Waals surface area contributed by atoms with Gasteiger partial charge in [-0.2, -0.15) is 0 Å². The summed E-state index contributed by atoms with van der Waals surface area (Å²) in [5.41, 5.74) is 0. The monoisotopic (exact) mass is 295 g/mol. The second-order valence-electron chi connectivity index (χ2n) is 6.57. The van der Waals surface area contributed by atoms with Crippen LogP contribution in [0.5, 0.6) is 0 Å². The van der Waals surface area contributed by atoms with Gasteiger partial charge in [0.15, 0.2) is 6.23 Å². The smallest absolute Gasteiger partial charge is 0.330 e. The summed E-state index contributed by atoms with van der Waals surface area (Å²) in [6.07, 6.45) is 10.9. The molecule has 4 heteroatoms. The van der Waals surface area contributed by atoms with Crippen LogP contribution in [0.15, 0.2) is 0 Å². The van der Waals surface area contributed by atoms with E-state index >= 15 is 0 Å². The fourth-order valence-corrected chi connectivity index (χ4v) is 3.46. The SMILES string of the molecule is CCCCCCCCCC(C)C1OC(=O)C2CCC(=O)N21. The highest BCUT2D eigenvalue weighted by molar-refractivity contribution is 5.90. The molecule has 0 aromatic carbocycles. The number of ether oxygens (including phenoxy) is 1. The zero-order valence-corrected chi connectivity index (χ0v) is 13.5. The lowest BCUT2D eigenvalue weighted by Gasteiger charge is -2.26. The van der Waals surface area contributed by atoms with E-state index in [0.29, 0.717) is 12.8 Å². The summed E-state index contributed by atoms with van der Waals surface area (Å²) in [6.45, 7) is 4.33. The summed E-state index contributed by atoms with van der Waals surface area (Å²) in [7, 11) is 0. The third kappa shape index (κ3) is 3.98. The van der Waals surface area contributed by atoms with Crippen LogP contribution in [0.2, 0.25) is 0 Å². The van der Waals surface area contributed by atoms with Gasteiger partial charge in [0.05, 0.1) is 0 Å². The summed E-state index contributed by atoms with van der Waals surface area (Å²) in [4.78, 5) is 25.4. The Bertz CT molecular complexity index is 367. The van der Waals surface area contributed by atoms with Crippen molar-refractivity contribution in [2.45, 2.75) is 90.3 Å². The van der Waals surface area contributed by atoms with E-state index in [1.807, 2.05) is 0 Å². The summed E-state index contributed by atoms with van der Waals surface area (Å²) < 4.78 is 5.44. The predicted octanol–water partition coefficient (Wildman–Crippen LogP) is 3.64. The van der Waals surface area contributed by atoms with Crippen molar-refractivity contribution in [1.82, 2.24) is 4.90 Å². The van der Waals surface area contributed by atoms with Crippen molar-refractivity contribution in [2.24, 2.45) is 5.92 Å². The van der Waals surface area contributed by atoms with E-state index in [1.54, 1.807) is 4.90 Å². The Labute approximate surface area is 128 Å². The zero-order chi connectivity index (χ0) is 15.2. The topological polar surface area (TPSA) is 46.6 Å². The molecule has 2 aliphatic rings. The van der Waals surface area contributed by atoms with Crippen molar-refractivity contribution in [3.05, 3.63) is 0 Å². The maximum Gasteiger partial charge on any atom is 0.330 e. The summed E-state index contributed by atoms with van der Waals surface area (Å²) in [5, 5.41) is 0. The Kier molecular flexibility index (Phi) is 6.07. The molecular weight excluding hydrogens is 266 g/mol. The number of cyclic esters (lactones) is 1. The van der Waals surface area contributed by atoms with Crippen molar-refractivity contribution >= 4 is 11.9 Å². The van der Waals surface area contributed by atoms with Crippen LogP contribution in [0.25, 0.3) is 0 Å². The van der Waals surface area contributed by atoms with Crippen LogP contribution < -0.4 is 0 Å². The van der Waals surface area contributed by atoms with Crippen molar-refractivity contribution in [2.75, 3.05) is 0 Å². The van der Waals surface area contributed by atoms with Crippen LogP contribution in [-0.2, 0) is 14.3 Å². The highest BCUT2D eigenvalue weighted by atomic mass is 16.6. The highest BCUT2D eigenvalue weighted by Gasteiger charge is 2.50. The number of hydrogen-bond acceptors (Lipinski definition) is 3. The van der Waals surface area contributed by atoms with E-state index in [-0.39, 0.29) is 30.1 Å². The number of carbonyl (C=O) groups excluding carboxylic acids is 2. The van der Waals surface area contributed by atoms with Crippen LogP contribution in [0.4, 0.5) is 0 Å². The molecule has 0 aromatic rings. The van der Waals surface area contributed by atoms with Gasteiger partial charge in [0.1, 0.15) is 6.04 Å². The van der Waals surface area contributed by atoms with Crippen LogP contribution in [0.1, 0.15) is 78.1 Å². The number of fused-ring (bicyclic) bond motifs is 1. The van der Waals surface area contributed by atoms with Gasteiger partial charge in [-0.3, -0.25) is 9.69 Å². The Morgan fingerprint density at radius 2 is 1.81 bits per heavy atom. The first-order valence-corrected chi connectivity index (χ1v) is 8.66. The molecule has 2 aliphatic heterocycles. The Morgan fingerprint density at radius 1 is 1.14 bits per heavy atom. The van der Waals surface area contributed by atoms with Crippen molar-refractivity contribution in [1.29, 1.82) is 0 Å². The van der Waals surface area contributed by atoms with Crippen molar-refractivity contribution in [3.63, 3.8) is 0 Å². The first kappa shape index (κ1) is 16.3. The number of esters is 1. The molecular formula is C17H29NO3. The minimum absolute atomic E-state index is 0.0854. The molecule has 21 heavy (non-hydrogen) atoms. The predicted molar refractivity (Wildman–Crippen MR) is 81.5 cm³/mol. The number of unbranched alkanes of at least 4 members (excludes halogenated alkanes) is 6. The number of rotatable bonds is 9. The maximum absolute atomic E-state index is 11.9. The van der Waals surface area contributed by atoms with E-state index in [9.17, 15) is 9.59 Å². The average molecular weight is 295 g/mol. The van der Waals surface area contributed by atoms with Crippen LogP contribution >= 0.6 is 0 Å². The van der Waals surface area contributed by atoms with E-state index in [2.05, 4.69) is 13.8 Å². The van der Waals surface area contributed by atoms with E-state index in [4.69, 9.17) is 4.74 Å². The van der Waals surface area contributed by atoms with Crippen molar-refractivity contribution < 1.29 is 14.3 Å². The minimum atomic E-state index is -0.308. The van der Waals surface area contributed by atoms with Crippen LogP contribution in [0.3, 0.4) is 0 Å². The maximum atomic E-state index is 11.9. The lowest BCUT2D eigenvalue weighted by molar-refractivity contribution is -0.147. The van der Waals surface area contributed by atoms with E-state index in [0.717, 1.165) is 12.8 Å². The fraction of sp³-hybridized carbons (Fsp3) is 0.882. The van der Waals surface area contributed by atoms with E-state index in [1.165, 1.54) is 38.5 Å². The fourth-order valence-electron chi connectivity index (χ4n) is 3.46. The highest BCUT2D eigenvalue weighted by Crippen LogP contribution is 2.34. The molecule has 2 fully saturated rings. The summed E-state index contributed by atoms with van der Waals surface area (Å²) in [5.74, 6) is 0.135. The van der Waals surface area contributed by atoms with Gasteiger partial charge in [-0.25, -0.2) is 4.79 Å². The molecule has 0 bridgehead atoms. The zero-order valence-electron chi connectivity index (χ0n) is 13.5. The molecule has 2 rings (SSSR count). The molecule has 0 spiro atoms. The second-order valence-corrected chi connectivity index (χ2v) is 6.57. The number of amides is 1. The minimum Gasteiger partial charge on any atom is -0.440 e. The molecule has 0 aliphatic carbocycles. The number of carbonyl (C=O) groups is 2. The number of nitrogens with zero attached hydrogens (tertiary/aromatic N) is 1. The third-order valence-corrected chi connectivity index (χ3v) is 4.79. The van der Waals surface area contributed by atoms with Gasteiger partial charge in [0, 0.05) is 12.3 Å². The molecule has 0 saturated carbocycles. The molecule has 4 nitrogen and oxygen atoms in total. The van der Waals surface area contributed by atoms with Gasteiger partial charge in [-0.1, -0.05) is 58.8 Å². The van der Waals surface area contributed by atoms with Gasteiger partial charge in [0.2, 0.25) is 5.91 Å². The quantitative estimate of drug-likeness (QED) is 0.482. The van der Waals surface area contributed by atoms with Crippen molar-refractivity contribution in [3.8, 4) is 0 Å². The van der Waals surface area contributed by atoms with Crippen LogP contribution in [-0.4, -0.2) is 29.0 Å². The standard InChI is InChI=1S/C17H29NO3/c1-3-4-5-6-7-8-9-10-13(2)16-18-14(17(20)21-16)11-12-15(18)19/h13-14,16H,3-12H2,1-2H3. The van der Waals surface area contributed by atoms with Gasteiger partial charge >= 0.3 is 5.97 Å². The largest absolute Gasteiger partial charge is 0.440 e. The lowest BCUT2D eigenvalue weighted by Crippen LogP contribution is -2.39. The molecule has 120 valence electrons. The molecule has 3 unspecified atom stereocenters. The first-order valence-electron chi connectivity index (χ1n) is 8.66. The molecule has 2 saturated heterocycles. The Hall–Kier alpha value is -1.06. The van der Waals surface area contributed by atoms with Crippen LogP contribution in [0, 0.1) is 5.92 Å². The second kappa shape index (κ2) is 7.81. The normalized spacial score (nSPS) is 26.1. The third-order valence-electron chi connectivity index (χ3n) is 4.79. The lowest BCUT2D eigenvalue weighted by atomic mass is 9.99. The average Bonchev–Trinajstić information content (AvgIpc) is 3.00. The molecule has 0 aromatic heterocycles. The summed E-state index contributed by atoms with van der Waals surface area (Å²) >= 11 is 0. The Morgan fingerprint density at radius 3 is 2.52 bits per heavy atom.